The van der Waals surface area contributed by atoms with Gasteiger partial charge in [0.1, 0.15) is 0 Å². The van der Waals surface area contributed by atoms with Crippen LogP contribution in [0.1, 0.15) is 44.0 Å². The minimum Gasteiger partial charge on any atom is -0.282 e. The van der Waals surface area contributed by atoms with E-state index in [0.717, 1.165) is 17.7 Å². The van der Waals surface area contributed by atoms with Crippen molar-refractivity contribution >= 4 is 21.6 Å². The van der Waals surface area contributed by atoms with Crippen LogP contribution in [0.4, 0.5) is 0 Å². The largest absolute Gasteiger partial charge is 0.282 e. The summed E-state index contributed by atoms with van der Waals surface area (Å²) in [5.74, 6) is 0. The quantitative estimate of drug-likeness (QED) is 0.914. The van der Waals surface area contributed by atoms with Crippen LogP contribution in [0.25, 0.3) is 0 Å². The Morgan fingerprint density at radius 1 is 1.26 bits per heavy atom. The molecule has 1 aliphatic rings. The maximum absolute atomic E-state index is 13.2. The molecule has 0 saturated carbocycles. The molecule has 1 aromatic heterocycles. The fraction of sp³-hybridized carbons (Fsp3) is 0.438. The Morgan fingerprint density at radius 2 is 1.96 bits per heavy atom. The third-order valence-electron chi connectivity index (χ3n) is 4.46. The highest BCUT2D eigenvalue weighted by Crippen LogP contribution is 2.39. The van der Waals surface area contributed by atoms with Gasteiger partial charge in [0.15, 0.2) is 0 Å². The molecule has 0 spiro atoms. The van der Waals surface area contributed by atoms with Crippen molar-refractivity contribution in [3.8, 4) is 0 Å². The molecule has 0 unspecified atom stereocenters. The number of aromatic nitrogens is 2. The lowest BCUT2D eigenvalue weighted by atomic mass is 9.93. The van der Waals surface area contributed by atoms with Crippen molar-refractivity contribution in [2.24, 2.45) is 0 Å². The van der Waals surface area contributed by atoms with Crippen molar-refractivity contribution in [3.05, 3.63) is 46.7 Å². The molecule has 0 saturated heterocycles. The first-order valence-electron chi connectivity index (χ1n) is 7.80. The van der Waals surface area contributed by atoms with Crippen LogP contribution in [0.3, 0.4) is 0 Å². The van der Waals surface area contributed by atoms with Crippen LogP contribution in [-0.4, -0.2) is 29.0 Å². The Labute approximate surface area is 141 Å². The predicted octanol–water partition coefficient (Wildman–Crippen LogP) is 3.54. The van der Waals surface area contributed by atoms with Crippen molar-refractivity contribution in [2.45, 2.75) is 50.1 Å². The van der Waals surface area contributed by atoms with Crippen molar-refractivity contribution in [3.63, 3.8) is 0 Å². The molecule has 0 fully saturated rings. The highest BCUT2D eigenvalue weighted by molar-refractivity contribution is 7.89. The second kappa shape index (κ2) is 6.26. The number of nitrogens with zero attached hydrogens (tertiary/aromatic N) is 2. The third kappa shape index (κ3) is 2.79. The molecule has 0 radical (unpaired) electrons. The van der Waals surface area contributed by atoms with Gasteiger partial charge < -0.3 is 0 Å². The Hall–Kier alpha value is -1.37. The van der Waals surface area contributed by atoms with Crippen LogP contribution < -0.4 is 0 Å². The number of halogens is 1. The molecule has 5 nitrogen and oxygen atoms in total. The Balaban J connectivity index is 2.09. The number of aromatic amines is 1. The van der Waals surface area contributed by atoms with Gasteiger partial charge in [0.25, 0.3) is 0 Å². The zero-order chi connectivity index (χ0) is 16.6. The average Bonchev–Trinajstić information content (AvgIpc) is 3.01. The summed E-state index contributed by atoms with van der Waals surface area (Å²) in [5, 5.41) is 7.65. The van der Waals surface area contributed by atoms with Crippen LogP contribution in [0.15, 0.2) is 35.4 Å². The molecule has 2 aromatic rings. The summed E-state index contributed by atoms with van der Waals surface area (Å²) in [4.78, 5) is 0.283. The summed E-state index contributed by atoms with van der Waals surface area (Å²) in [7, 11) is -3.59. The SMILES string of the molecule is CC[C@@H]1Cc2[nH]ncc2[C@H](CC)N1S(=O)(=O)c1ccc(Cl)cc1. The molecular formula is C16H20ClN3O2S. The second-order valence-electron chi connectivity index (χ2n) is 5.78. The highest BCUT2D eigenvalue weighted by atomic mass is 35.5. The van der Waals surface area contributed by atoms with Crippen LogP contribution in [-0.2, 0) is 16.4 Å². The Bertz CT molecular complexity index is 786. The Morgan fingerprint density at radius 3 is 2.57 bits per heavy atom. The molecule has 124 valence electrons. The summed E-state index contributed by atoms with van der Waals surface area (Å²) in [6.07, 6.45) is 3.87. The molecule has 0 aliphatic carbocycles. The van der Waals surface area contributed by atoms with Gasteiger partial charge in [0.05, 0.1) is 17.1 Å². The van der Waals surface area contributed by atoms with Gasteiger partial charge in [-0.2, -0.15) is 9.40 Å². The van der Waals surface area contributed by atoms with Crippen LogP contribution in [0, 0.1) is 0 Å². The van der Waals surface area contributed by atoms with Crippen molar-refractivity contribution in [1.29, 1.82) is 0 Å². The lowest BCUT2D eigenvalue weighted by Gasteiger charge is -2.40. The van der Waals surface area contributed by atoms with E-state index in [4.69, 9.17) is 11.6 Å². The number of H-pyrrole nitrogens is 1. The third-order valence-corrected chi connectivity index (χ3v) is 6.69. The minimum atomic E-state index is -3.59. The number of hydrogen-bond acceptors (Lipinski definition) is 3. The monoisotopic (exact) mass is 353 g/mol. The zero-order valence-electron chi connectivity index (χ0n) is 13.2. The minimum absolute atomic E-state index is 0.0754. The molecule has 1 aromatic carbocycles. The van der Waals surface area contributed by atoms with Gasteiger partial charge >= 0.3 is 0 Å². The van der Waals surface area contributed by atoms with E-state index in [1.54, 1.807) is 34.8 Å². The summed E-state index contributed by atoms with van der Waals surface area (Å²) in [5.41, 5.74) is 2.03. The summed E-state index contributed by atoms with van der Waals surface area (Å²) < 4.78 is 28.1. The number of rotatable bonds is 4. The summed E-state index contributed by atoms with van der Waals surface area (Å²) in [6, 6.07) is 6.11. The summed E-state index contributed by atoms with van der Waals surface area (Å²) in [6.45, 7) is 4.02. The van der Waals surface area contributed by atoms with E-state index in [2.05, 4.69) is 10.2 Å². The number of nitrogens with one attached hydrogen (secondary N) is 1. The van der Waals surface area contributed by atoms with E-state index in [1.807, 2.05) is 13.8 Å². The standard InChI is InChI=1S/C16H20ClN3O2S/c1-3-12-9-15-14(10-18-19-15)16(4-2)20(12)23(21,22)13-7-5-11(17)6-8-13/h5-8,10,12,16H,3-4,9H2,1-2H3,(H,18,19)/t12-,16+/m1/s1. The van der Waals surface area contributed by atoms with E-state index < -0.39 is 10.0 Å². The smallest absolute Gasteiger partial charge is 0.243 e. The first-order chi connectivity index (χ1) is 11.0. The van der Waals surface area contributed by atoms with Crippen molar-refractivity contribution in [1.82, 2.24) is 14.5 Å². The predicted molar refractivity (Wildman–Crippen MR) is 89.9 cm³/mol. The van der Waals surface area contributed by atoms with Gasteiger partial charge in [-0.3, -0.25) is 5.10 Å². The van der Waals surface area contributed by atoms with Crippen LogP contribution >= 0.6 is 11.6 Å². The Kier molecular flexibility index (Phi) is 4.49. The van der Waals surface area contributed by atoms with Gasteiger partial charge in [-0.1, -0.05) is 25.4 Å². The number of hydrogen-bond donors (Lipinski definition) is 1. The molecule has 1 aliphatic heterocycles. The average molecular weight is 354 g/mol. The van der Waals surface area contributed by atoms with Gasteiger partial charge in [-0.15, -0.1) is 0 Å². The van der Waals surface area contributed by atoms with E-state index in [1.165, 1.54) is 0 Å². The van der Waals surface area contributed by atoms with Crippen molar-refractivity contribution in [2.75, 3.05) is 0 Å². The number of fused-ring (bicyclic) bond motifs is 1. The number of sulfonamides is 1. The van der Waals surface area contributed by atoms with Gasteiger partial charge in [0, 0.05) is 28.7 Å². The van der Waals surface area contributed by atoms with Gasteiger partial charge in [-0.05, 0) is 37.1 Å². The molecule has 0 amide bonds. The van der Waals surface area contributed by atoms with E-state index in [-0.39, 0.29) is 17.0 Å². The lowest BCUT2D eigenvalue weighted by molar-refractivity contribution is 0.217. The van der Waals surface area contributed by atoms with E-state index in [0.29, 0.717) is 17.9 Å². The molecule has 23 heavy (non-hydrogen) atoms. The second-order valence-corrected chi connectivity index (χ2v) is 8.06. The molecule has 2 heterocycles. The van der Waals surface area contributed by atoms with Gasteiger partial charge in [-0.25, -0.2) is 8.42 Å². The fourth-order valence-corrected chi connectivity index (χ4v) is 5.37. The maximum atomic E-state index is 13.2. The lowest BCUT2D eigenvalue weighted by Crippen LogP contribution is -2.46. The first kappa shape index (κ1) is 16.5. The zero-order valence-corrected chi connectivity index (χ0v) is 14.7. The fourth-order valence-electron chi connectivity index (χ4n) is 3.31. The molecular weight excluding hydrogens is 334 g/mol. The maximum Gasteiger partial charge on any atom is 0.243 e. The number of benzene rings is 1. The molecule has 1 N–H and O–H groups in total. The van der Waals surface area contributed by atoms with E-state index >= 15 is 0 Å². The van der Waals surface area contributed by atoms with Crippen LogP contribution in [0.5, 0.6) is 0 Å². The molecule has 7 heteroatoms. The first-order valence-corrected chi connectivity index (χ1v) is 9.62. The topological polar surface area (TPSA) is 66.1 Å². The normalized spacial score (nSPS) is 22.0. The summed E-state index contributed by atoms with van der Waals surface area (Å²) >= 11 is 5.89. The molecule has 0 bridgehead atoms. The van der Waals surface area contributed by atoms with Crippen molar-refractivity contribution < 1.29 is 8.42 Å². The van der Waals surface area contributed by atoms with Crippen LogP contribution in [0.2, 0.25) is 5.02 Å². The molecule has 3 rings (SSSR count). The van der Waals surface area contributed by atoms with E-state index in [9.17, 15) is 8.42 Å². The van der Waals surface area contributed by atoms with Gasteiger partial charge in [0.2, 0.25) is 10.0 Å². The highest BCUT2D eigenvalue weighted by Gasteiger charge is 2.41. The molecule has 2 atom stereocenters.